The van der Waals surface area contributed by atoms with Gasteiger partial charge in [0.2, 0.25) is 5.91 Å². The lowest BCUT2D eigenvalue weighted by Crippen LogP contribution is -2.52. The Morgan fingerprint density at radius 3 is 2.52 bits per heavy atom. The number of piperidine rings is 1. The average molecular weight is 457 g/mol. The number of morpholine rings is 1. The number of hydrogen-bond donors (Lipinski definition) is 0. The zero-order valence-electron chi connectivity index (χ0n) is 19.7. The van der Waals surface area contributed by atoms with Crippen molar-refractivity contribution in [3.05, 3.63) is 12.5 Å². The molecule has 3 aliphatic rings. The molecule has 0 spiro atoms. The highest BCUT2D eigenvalue weighted by Gasteiger charge is 2.27. The van der Waals surface area contributed by atoms with Gasteiger partial charge in [0.1, 0.15) is 12.1 Å². The number of aryl methyl sites for hydroxylation is 1. The van der Waals surface area contributed by atoms with Gasteiger partial charge in [-0.3, -0.25) is 19.3 Å². The van der Waals surface area contributed by atoms with Gasteiger partial charge in [-0.15, -0.1) is 0 Å². The van der Waals surface area contributed by atoms with Crippen LogP contribution in [0.1, 0.15) is 19.3 Å². The van der Waals surface area contributed by atoms with E-state index in [0.29, 0.717) is 6.54 Å². The molecule has 10 nitrogen and oxygen atoms in total. The number of likely N-dealkylation sites (tertiary alicyclic amines) is 1. The molecular weight excluding hydrogens is 420 g/mol. The Labute approximate surface area is 195 Å². The Bertz CT molecular complexity index is 928. The van der Waals surface area contributed by atoms with Crippen molar-refractivity contribution in [2.24, 2.45) is 13.0 Å². The number of amides is 1. The summed E-state index contributed by atoms with van der Waals surface area (Å²) in [7, 11) is 1.89. The van der Waals surface area contributed by atoms with Crippen LogP contribution in [0.25, 0.3) is 11.0 Å². The standard InChI is InChI=1S/C23H36N8O2/c1-27-22-20(16-26-27)23(25-18-24-22)31-10-8-30(9-11-31)21(32)17-29-6-3-19(4-7-29)2-5-28-12-14-33-15-13-28/h16,18-19H,2-15,17H2,1H3. The van der Waals surface area contributed by atoms with Crippen molar-refractivity contribution in [1.29, 1.82) is 0 Å². The number of carbonyl (C=O) groups excluding carboxylic acids is 1. The molecule has 33 heavy (non-hydrogen) atoms. The van der Waals surface area contributed by atoms with Gasteiger partial charge in [0.15, 0.2) is 5.65 Å². The van der Waals surface area contributed by atoms with Gasteiger partial charge in [0.25, 0.3) is 0 Å². The minimum Gasteiger partial charge on any atom is -0.379 e. The summed E-state index contributed by atoms with van der Waals surface area (Å²) in [6, 6.07) is 0. The summed E-state index contributed by atoms with van der Waals surface area (Å²) in [5.41, 5.74) is 0.840. The van der Waals surface area contributed by atoms with Crippen LogP contribution in [0.5, 0.6) is 0 Å². The van der Waals surface area contributed by atoms with Gasteiger partial charge in [-0.05, 0) is 44.8 Å². The Balaban J connectivity index is 1.05. The topological polar surface area (TPSA) is 82.9 Å². The Morgan fingerprint density at radius 2 is 1.76 bits per heavy atom. The number of ether oxygens (including phenoxy) is 1. The smallest absolute Gasteiger partial charge is 0.236 e. The maximum Gasteiger partial charge on any atom is 0.236 e. The fourth-order valence-electron chi connectivity index (χ4n) is 5.28. The maximum absolute atomic E-state index is 12.9. The highest BCUT2D eigenvalue weighted by atomic mass is 16.5. The first-order chi connectivity index (χ1) is 16.2. The molecule has 5 heterocycles. The molecule has 3 fully saturated rings. The fourth-order valence-corrected chi connectivity index (χ4v) is 5.28. The van der Waals surface area contributed by atoms with Crippen LogP contribution in [0.4, 0.5) is 5.82 Å². The number of nitrogens with zero attached hydrogens (tertiary/aromatic N) is 8. The molecule has 0 aromatic carbocycles. The van der Waals surface area contributed by atoms with Gasteiger partial charge >= 0.3 is 0 Å². The predicted octanol–water partition coefficient (Wildman–Crippen LogP) is 0.446. The summed E-state index contributed by atoms with van der Waals surface area (Å²) in [5.74, 6) is 1.97. The summed E-state index contributed by atoms with van der Waals surface area (Å²) >= 11 is 0. The Kier molecular flexibility index (Phi) is 7.03. The van der Waals surface area contributed by atoms with Crippen LogP contribution in [0.15, 0.2) is 12.5 Å². The highest BCUT2D eigenvalue weighted by molar-refractivity contribution is 5.87. The Morgan fingerprint density at radius 1 is 1.00 bits per heavy atom. The van der Waals surface area contributed by atoms with Crippen LogP contribution in [-0.2, 0) is 16.6 Å². The third-order valence-electron chi connectivity index (χ3n) is 7.46. The molecule has 5 rings (SSSR count). The van der Waals surface area contributed by atoms with Gasteiger partial charge in [0.05, 0.1) is 31.3 Å². The molecule has 3 aliphatic heterocycles. The van der Waals surface area contributed by atoms with Crippen LogP contribution in [0.2, 0.25) is 0 Å². The van der Waals surface area contributed by atoms with Crippen LogP contribution < -0.4 is 4.90 Å². The second-order valence-corrected chi connectivity index (χ2v) is 9.53. The summed E-state index contributed by atoms with van der Waals surface area (Å²) < 4.78 is 7.21. The predicted molar refractivity (Wildman–Crippen MR) is 126 cm³/mol. The van der Waals surface area contributed by atoms with Gasteiger partial charge < -0.3 is 14.5 Å². The lowest BCUT2D eigenvalue weighted by molar-refractivity contribution is -0.133. The first-order valence-electron chi connectivity index (χ1n) is 12.4. The zero-order valence-corrected chi connectivity index (χ0v) is 19.7. The molecule has 180 valence electrons. The summed E-state index contributed by atoms with van der Waals surface area (Å²) in [6.45, 7) is 10.8. The minimum absolute atomic E-state index is 0.260. The van der Waals surface area contributed by atoms with Crippen molar-refractivity contribution in [1.82, 2.24) is 34.4 Å². The second-order valence-electron chi connectivity index (χ2n) is 9.53. The molecule has 0 bridgehead atoms. The number of fused-ring (bicyclic) bond motifs is 1. The maximum atomic E-state index is 12.9. The van der Waals surface area contributed by atoms with E-state index in [0.717, 1.165) is 88.3 Å². The van der Waals surface area contributed by atoms with E-state index in [9.17, 15) is 4.79 Å². The second kappa shape index (κ2) is 10.3. The SMILES string of the molecule is Cn1ncc2c(N3CCN(C(=O)CN4CCC(CCN5CCOCC5)CC4)CC3)ncnc21. The molecule has 0 unspecified atom stereocenters. The number of anilines is 1. The monoisotopic (exact) mass is 456 g/mol. The van der Waals surface area contributed by atoms with Crippen molar-refractivity contribution in [3.63, 3.8) is 0 Å². The number of carbonyl (C=O) groups is 1. The minimum atomic E-state index is 0.260. The molecule has 10 heteroatoms. The molecule has 0 saturated carbocycles. The number of piperazine rings is 1. The summed E-state index contributed by atoms with van der Waals surface area (Å²) in [4.78, 5) is 30.9. The highest BCUT2D eigenvalue weighted by Crippen LogP contribution is 2.24. The van der Waals surface area contributed by atoms with Crippen molar-refractivity contribution in [2.45, 2.75) is 19.3 Å². The molecule has 0 radical (unpaired) electrons. The van der Waals surface area contributed by atoms with E-state index in [1.807, 2.05) is 18.1 Å². The summed E-state index contributed by atoms with van der Waals surface area (Å²) in [5, 5.41) is 5.28. The largest absolute Gasteiger partial charge is 0.379 e. The molecule has 0 N–H and O–H groups in total. The van der Waals surface area contributed by atoms with Crippen molar-refractivity contribution in [3.8, 4) is 0 Å². The first-order valence-corrected chi connectivity index (χ1v) is 12.4. The first kappa shape index (κ1) is 22.5. The number of aromatic nitrogens is 4. The van der Waals surface area contributed by atoms with Gasteiger partial charge in [-0.2, -0.15) is 5.10 Å². The molecule has 2 aromatic rings. The molecular formula is C23H36N8O2. The quantitative estimate of drug-likeness (QED) is 0.620. The van der Waals surface area contributed by atoms with Crippen LogP contribution in [-0.4, -0.2) is 119 Å². The third kappa shape index (κ3) is 5.28. The van der Waals surface area contributed by atoms with E-state index < -0.39 is 0 Å². The van der Waals surface area contributed by atoms with Crippen LogP contribution >= 0.6 is 0 Å². The van der Waals surface area contributed by atoms with E-state index in [2.05, 4.69) is 29.8 Å². The van der Waals surface area contributed by atoms with E-state index in [1.54, 1.807) is 11.0 Å². The lowest BCUT2D eigenvalue weighted by atomic mass is 9.93. The van der Waals surface area contributed by atoms with Crippen LogP contribution in [0, 0.1) is 5.92 Å². The van der Waals surface area contributed by atoms with E-state index >= 15 is 0 Å². The van der Waals surface area contributed by atoms with Crippen molar-refractivity contribution in [2.75, 3.05) is 83.6 Å². The molecule has 1 amide bonds. The lowest BCUT2D eigenvalue weighted by Gasteiger charge is -2.38. The van der Waals surface area contributed by atoms with Gasteiger partial charge in [-0.1, -0.05) is 0 Å². The molecule has 2 aromatic heterocycles. The van der Waals surface area contributed by atoms with Crippen LogP contribution in [0.3, 0.4) is 0 Å². The van der Waals surface area contributed by atoms with E-state index in [-0.39, 0.29) is 5.91 Å². The van der Waals surface area contributed by atoms with E-state index in [4.69, 9.17) is 4.74 Å². The Hall–Kier alpha value is -2.30. The fraction of sp³-hybridized carbons (Fsp3) is 0.739. The van der Waals surface area contributed by atoms with Crippen molar-refractivity contribution >= 4 is 22.8 Å². The molecule has 3 saturated heterocycles. The number of hydrogen-bond acceptors (Lipinski definition) is 8. The average Bonchev–Trinajstić information content (AvgIpc) is 3.25. The number of rotatable bonds is 6. The zero-order chi connectivity index (χ0) is 22.6. The van der Waals surface area contributed by atoms with Crippen molar-refractivity contribution < 1.29 is 9.53 Å². The molecule has 0 atom stereocenters. The van der Waals surface area contributed by atoms with E-state index in [1.165, 1.54) is 25.8 Å². The summed E-state index contributed by atoms with van der Waals surface area (Å²) in [6.07, 6.45) is 7.12. The molecule has 0 aliphatic carbocycles. The van der Waals surface area contributed by atoms with Gasteiger partial charge in [0, 0.05) is 46.3 Å². The van der Waals surface area contributed by atoms with Gasteiger partial charge in [-0.25, -0.2) is 9.97 Å². The third-order valence-corrected chi connectivity index (χ3v) is 7.46. The normalized spacial score (nSPS) is 21.7.